The first-order chi connectivity index (χ1) is 9.49. The van der Waals surface area contributed by atoms with Crippen LogP contribution >= 0.6 is 43.5 Å². The Morgan fingerprint density at radius 2 is 1.90 bits per heavy atom. The van der Waals surface area contributed by atoms with Crippen LogP contribution in [0.25, 0.3) is 0 Å². The molecule has 106 valence electrons. The number of carbonyl (C=O) groups excluding carboxylic acids is 1. The van der Waals surface area contributed by atoms with Gasteiger partial charge < -0.3 is 0 Å². The summed E-state index contributed by atoms with van der Waals surface area (Å²) in [4.78, 5) is 11.6. The van der Waals surface area contributed by atoms with Crippen LogP contribution in [0, 0.1) is 0 Å². The molecule has 0 unspecified atom stereocenters. The van der Waals surface area contributed by atoms with Crippen LogP contribution in [0.5, 0.6) is 0 Å². The van der Waals surface area contributed by atoms with E-state index < -0.39 is 0 Å². The molecule has 2 aliphatic rings. The van der Waals surface area contributed by atoms with E-state index >= 15 is 0 Å². The largest absolute Gasteiger partial charge is 0.276 e. The van der Waals surface area contributed by atoms with Gasteiger partial charge in [-0.05, 0) is 67.5 Å². The van der Waals surface area contributed by atoms with Crippen LogP contribution in [0.2, 0.25) is 0 Å². The van der Waals surface area contributed by atoms with Crippen molar-refractivity contribution in [2.45, 2.75) is 32.6 Å². The van der Waals surface area contributed by atoms with Gasteiger partial charge in [-0.15, -0.1) is 0 Å². The molecule has 0 radical (unpaired) electrons. The molecule has 0 fully saturated rings. The van der Waals surface area contributed by atoms with Crippen molar-refractivity contribution in [2.24, 2.45) is 0 Å². The third kappa shape index (κ3) is 3.84. The Kier molecular flexibility index (Phi) is 5.65. The van der Waals surface area contributed by atoms with Crippen molar-refractivity contribution < 1.29 is 4.79 Å². The van der Waals surface area contributed by atoms with Gasteiger partial charge in [0.05, 0.1) is 0 Å². The summed E-state index contributed by atoms with van der Waals surface area (Å²) in [6.07, 6.45) is 7.78. The van der Waals surface area contributed by atoms with Gasteiger partial charge >= 0.3 is 0 Å². The van der Waals surface area contributed by atoms with Crippen LogP contribution in [-0.2, 0) is 12.8 Å². The van der Waals surface area contributed by atoms with Crippen molar-refractivity contribution in [3.63, 3.8) is 0 Å². The minimum Gasteiger partial charge on any atom is -0.276 e. The summed E-state index contributed by atoms with van der Waals surface area (Å²) in [5, 5.41) is -0.373. The molecule has 0 N–H and O–H groups in total. The molecule has 3 rings (SSSR count). The predicted molar refractivity (Wildman–Crippen MR) is 91.7 cm³/mol. The van der Waals surface area contributed by atoms with Gasteiger partial charge in [0, 0.05) is 14.5 Å². The van der Waals surface area contributed by atoms with Crippen molar-refractivity contribution in [2.75, 3.05) is 0 Å². The first-order valence-electron chi connectivity index (χ1n) is 6.52. The summed E-state index contributed by atoms with van der Waals surface area (Å²) < 4.78 is 2.19. The Balaban J connectivity index is 2.48. The summed E-state index contributed by atoms with van der Waals surface area (Å²) in [6.45, 7) is 2.10. The Morgan fingerprint density at radius 1 is 1.15 bits per heavy atom. The number of hydrogen-bond acceptors (Lipinski definition) is 1. The molecular weight excluding hydrogens is 403 g/mol. The fourth-order valence-electron chi connectivity index (χ4n) is 2.25. The third-order valence-electron chi connectivity index (χ3n) is 3.51. The highest BCUT2D eigenvalue weighted by Gasteiger charge is 2.14. The summed E-state index contributed by atoms with van der Waals surface area (Å²) in [5.74, 6) is 0. The second kappa shape index (κ2) is 7.06. The zero-order valence-corrected chi connectivity index (χ0v) is 15.1. The molecule has 4 heteroatoms. The van der Waals surface area contributed by atoms with Crippen LogP contribution < -0.4 is 0 Å². The number of halogens is 3. The second-order valence-corrected chi connectivity index (χ2v) is 7.00. The maximum atomic E-state index is 11.6. The lowest BCUT2D eigenvalue weighted by molar-refractivity contribution is 0.108. The van der Waals surface area contributed by atoms with E-state index in [1.54, 1.807) is 0 Å². The van der Waals surface area contributed by atoms with Gasteiger partial charge in [0.25, 0.3) is 5.24 Å². The van der Waals surface area contributed by atoms with Gasteiger partial charge in [-0.1, -0.05) is 49.6 Å². The first-order valence-corrected chi connectivity index (χ1v) is 8.48. The quantitative estimate of drug-likeness (QED) is 0.517. The third-order valence-corrected chi connectivity index (χ3v) is 5.39. The molecule has 0 spiro atoms. The molecule has 1 aromatic rings. The van der Waals surface area contributed by atoms with Crippen LogP contribution in [0.4, 0.5) is 0 Å². The highest BCUT2D eigenvalue weighted by Crippen LogP contribution is 2.28. The lowest BCUT2D eigenvalue weighted by Crippen LogP contribution is -2.02. The molecule has 2 bridgehead atoms. The summed E-state index contributed by atoms with van der Waals surface area (Å²) in [6, 6.07) is 3.97. The molecule has 0 saturated carbocycles. The highest BCUT2D eigenvalue weighted by molar-refractivity contribution is 9.12. The molecule has 0 aromatic heterocycles. The van der Waals surface area contributed by atoms with E-state index in [0.29, 0.717) is 5.56 Å². The Bertz CT molecular complexity index is 603. The number of carbonyl (C=O) groups is 1. The lowest BCUT2D eigenvalue weighted by Gasteiger charge is -2.13. The summed E-state index contributed by atoms with van der Waals surface area (Å²) >= 11 is 12.9. The van der Waals surface area contributed by atoms with Gasteiger partial charge in [-0.2, -0.15) is 0 Å². The predicted octanol–water partition coefficient (Wildman–Crippen LogP) is 5.93. The van der Waals surface area contributed by atoms with E-state index in [4.69, 9.17) is 11.6 Å². The maximum Gasteiger partial charge on any atom is 0.252 e. The topological polar surface area (TPSA) is 17.1 Å². The molecule has 0 amide bonds. The zero-order chi connectivity index (χ0) is 14.7. The molecule has 0 atom stereocenters. The van der Waals surface area contributed by atoms with Gasteiger partial charge in [0.1, 0.15) is 0 Å². The first kappa shape index (κ1) is 16.0. The van der Waals surface area contributed by atoms with Gasteiger partial charge in [-0.25, -0.2) is 0 Å². The van der Waals surface area contributed by atoms with Crippen molar-refractivity contribution >= 4 is 48.7 Å². The SMILES string of the molecule is C/C1=C(Br)\C=C\CCc2cc(C(=O)Cl)c(cc2Br)CC1. The number of allylic oxidation sites excluding steroid dienone is 4. The number of benzene rings is 1. The average Bonchev–Trinajstić information content (AvgIpc) is 2.40. The molecule has 0 saturated heterocycles. The fraction of sp³-hybridized carbons (Fsp3) is 0.312. The zero-order valence-electron chi connectivity index (χ0n) is 11.2. The van der Waals surface area contributed by atoms with Gasteiger partial charge in [-0.3, -0.25) is 4.79 Å². The molecule has 0 heterocycles. The van der Waals surface area contributed by atoms with Gasteiger partial charge in [0.15, 0.2) is 0 Å². The lowest BCUT2D eigenvalue weighted by atomic mass is 9.96. The van der Waals surface area contributed by atoms with Gasteiger partial charge in [0.2, 0.25) is 0 Å². The van der Waals surface area contributed by atoms with Crippen molar-refractivity contribution in [3.8, 4) is 0 Å². The van der Waals surface area contributed by atoms with E-state index in [-0.39, 0.29) is 5.24 Å². The van der Waals surface area contributed by atoms with Crippen LogP contribution in [0.3, 0.4) is 0 Å². The number of rotatable bonds is 1. The van der Waals surface area contributed by atoms with Crippen LogP contribution in [0.1, 0.15) is 41.3 Å². The van der Waals surface area contributed by atoms with E-state index in [9.17, 15) is 4.79 Å². The second-order valence-electron chi connectivity index (χ2n) is 4.94. The van der Waals surface area contributed by atoms with Crippen molar-refractivity contribution in [3.05, 3.63) is 55.5 Å². The van der Waals surface area contributed by atoms with E-state index in [1.165, 1.54) is 5.57 Å². The number of hydrogen-bond donors (Lipinski definition) is 0. The average molecular weight is 419 g/mol. The Labute approximate surface area is 141 Å². The van der Waals surface area contributed by atoms with Crippen molar-refractivity contribution in [1.29, 1.82) is 0 Å². The molecule has 20 heavy (non-hydrogen) atoms. The molecule has 1 nitrogen and oxygen atoms in total. The monoisotopic (exact) mass is 416 g/mol. The minimum atomic E-state index is -0.373. The smallest absolute Gasteiger partial charge is 0.252 e. The molecule has 2 aliphatic carbocycles. The number of fused-ring (bicyclic) bond motifs is 7. The van der Waals surface area contributed by atoms with Crippen molar-refractivity contribution in [1.82, 2.24) is 0 Å². The van der Waals surface area contributed by atoms with E-state index in [2.05, 4.69) is 50.9 Å². The molecule has 1 aromatic carbocycles. The summed E-state index contributed by atoms with van der Waals surface area (Å²) in [7, 11) is 0. The van der Waals surface area contributed by atoms with Crippen LogP contribution in [-0.4, -0.2) is 5.24 Å². The van der Waals surface area contributed by atoms with Crippen LogP contribution in [0.15, 0.2) is 38.8 Å². The molecular formula is C16H15Br2ClO. The fourth-order valence-corrected chi connectivity index (χ4v) is 3.40. The molecule has 0 aliphatic heterocycles. The van der Waals surface area contributed by atoms with E-state index in [1.807, 2.05) is 12.1 Å². The Morgan fingerprint density at radius 3 is 2.60 bits per heavy atom. The standard InChI is InChI=1S/C16H15Br2ClO/c1-10-6-7-11-9-15(18)12(8-13(11)16(19)20)4-2-3-5-14(10)17/h3,5,8-9H,2,4,6-7H2,1H3/b5-3+,14-10-. The maximum absolute atomic E-state index is 11.6. The minimum absolute atomic E-state index is 0.373. The normalized spacial score (nSPS) is 21.2. The Hall–Kier alpha value is -0.380. The summed E-state index contributed by atoms with van der Waals surface area (Å²) in [5.41, 5.74) is 4.04. The highest BCUT2D eigenvalue weighted by atomic mass is 79.9. The van der Waals surface area contributed by atoms with E-state index in [0.717, 1.165) is 45.8 Å². The number of aryl methyl sites for hydroxylation is 2.